The third-order valence-electron chi connectivity index (χ3n) is 3.61. The molecule has 0 unspecified atom stereocenters. The van der Waals surface area contributed by atoms with Crippen molar-refractivity contribution in [2.45, 2.75) is 39.2 Å². The van der Waals surface area contributed by atoms with E-state index in [0.29, 0.717) is 25.4 Å². The molecule has 1 atom stereocenters. The lowest BCUT2D eigenvalue weighted by atomic mass is 9.99. The van der Waals surface area contributed by atoms with E-state index >= 15 is 0 Å². The van der Waals surface area contributed by atoms with Gasteiger partial charge in [-0.2, -0.15) is 0 Å². The van der Waals surface area contributed by atoms with Crippen LogP contribution >= 0.6 is 0 Å². The van der Waals surface area contributed by atoms with Crippen LogP contribution in [0, 0.1) is 5.92 Å². The predicted octanol–water partition coefficient (Wildman–Crippen LogP) is 2.32. The highest BCUT2D eigenvalue weighted by molar-refractivity contribution is 5.94. The molecule has 1 aliphatic rings. The molecule has 24 heavy (non-hydrogen) atoms. The maximum atomic E-state index is 12.1. The zero-order valence-electron chi connectivity index (χ0n) is 14.5. The molecule has 0 aromatic carbocycles. The highest BCUT2D eigenvalue weighted by Crippen LogP contribution is 2.19. The summed E-state index contributed by atoms with van der Waals surface area (Å²) in [5.74, 6) is 0.0174. The predicted molar refractivity (Wildman–Crippen MR) is 87.7 cm³/mol. The van der Waals surface area contributed by atoms with Crippen LogP contribution in [0.25, 0.3) is 0 Å². The van der Waals surface area contributed by atoms with Gasteiger partial charge in [-0.1, -0.05) is 0 Å². The van der Waals surface area contributed by atoms with Crippen molar-refractivity contribution in [2.75, 3.05) is 26.3 Å². The van der Waals surface area contributed by atoms with E-state index in [4.69, 9.17) is 9.47 Å². The van der Waals surface area contributed by atoms with Crippen molar-refractivity contribution < 1.29 is 19.1 Å². The van der Waals surface area contributed by atoms with Gasteiger partial charge in [-0.05, 0) is 33.6 Å². The quantitative estimate of drug-likeness (QED) is 0.768. The molecule has 0 saturated carbocycles. The summed E-state index contributed by atoms with van der Waals surface area (Å²) < 4.78 is 10.9. The van der Waals surface area contributed by atoms with Crippen LogP contribution in [0.15, 0.2) is 18.6 Å². The van der Waals surface area contributed by atoms with Crippen LogP contribution in [0.1, 0.15) is 44.1 Å². The van der Waals surface area contributed by atoms with Gasteiger partial charge in [-0.3, -0.25) is 9.78 Å². The Morgan fingerprint density at radius 1 is 1.33 bits per heavy atom. The Morgan fingerprint density at radius 3 is 2.79 bits per heavy atom. The summed E-state index contributed by atoms with van der Waals surface area (Å²) >= 11 is 0. The van der Waals surface area contributed by atoms with Crippen LogP contribution in [-0.2, 0) is 9.47 Å². The second kappa shape index (κ2) is 8.19. The highest BCUT2D eigenvalue weighted by Gasteiger charge is 2.27. The number of amides is 1. The number of rotatable bonds is 5. The average Bonchev–Trinajstić information content (AvgIpc) is 2.54. The van der Waals surface area contributed by atoms with E-state index in [1.165, 1.54) is 18.6 Å². The van der Waals surface area contributed by atoms with Crippen LogP contribution in [0.5, 0.6) is 0 Å². The first-order valence-corrected chi connectivity index (χ1v) is 8.20. The minimum absolute atomic E-state index is 0.0262. The topological polar surface area (TPSA) is 81.6 Å². The molecule has 1 fully saturated rings. The zero-order chi connectivity index (χ0) is 17.6. The minimum atomic E-state index is -0.496. The van der Waals surface area contributed by atoms with Crippen LogP contribution in [0.3, 0.4) is 0 Å². The van der Waals surface area contributed by atoms with Gasteiger partial charge >= 0.3 is 6.09 Å². The van der Waals surface area contributed by atoms with Crippen LogP contribution in [-0.4, -0.2) is 58.6 Å². The summed E-state index contributed by atoms with van der Waals surface area (Å²) in [7, 11) is 0. The van der Waals surface area contributed by atoms with Gasteiger partial charge in [0.15, 0.2) is 0 Å². The molecule has 1 aromatic rings. The van der Waals surface area contributed by atoms with Crippen molar-refractivity contribution >= 4 is 11.9 Å². The van der Waals surface area contributed by atoms with Crippen molar-refractivity contribution in [2.24, 2.45) is 5.92 Å². The van der Waals surface area contributed by atoms with Crippen molar-refractivity contribution in [1.29, 1.82) is 0 Å². The number of likely N-dealkylation sites (tertiary alicyclic amines) is 1. The summed E-state index contributed by atoms with van der Waals surface area (Å²) in [6.07, 6.45) is 6.02. The second-order valence-corrected chi connectivity index (χ2v) is 6.96. The van der Waals surface area contributed by atoms with Gasteiger partial charge in [0.25, 0.3) is 0 Å². The molecule has 0 aliphatic carbocycles. The van der Waals surface area contributed by atoms with Gasteiger partial charge < -0.3 is 14.4 Å². The third-order valence-corrected chi connectivity index (χ3v) is 3.61. The largest absolute Gasteiger partial charge is 0.444 e. The van der Waals surface area contributed by atoms with E-state index in [0.717, 1.165) is 12.8 Å². The first kappa shape index (κ1) is 18.3. The molecule has 7 nitrogen and oxygen atoms in total. The maximum Gasteiger partial charge on any atom is 0.410 e. The van der Waals surface area contributed by atoms with E-state index in [1.807, 2.05) is 20.8 Å². The number of carbonyl (C=O) groups excluding carboxylic acids is 2. The van der Waals surface area contributed by atoms with E-state index in [1.54, 1.807) is 4.90 Å². The fourth-order valence-corrected chi connectivity index (χ4v) is 2.53. The van der Waals surface area contributed by atoms with Crippen molar-refractivity contribution in [3.8, 4) is 0 Å². The average molecular weight is 335 g/mol. The lowest BCUT2D eigenvalue weighted by Gasteiger charge is -2.34. The summed E-state index contributed by atoms with van der Waals surface area (Å²) in [6, 6.07) is 0. The lowest BCUT2D eigenvalue weighted by Crippen LogP contribution is -2.43. The van der Waals surface area contributed by atoms with Gasteiger partial charge in [0.1, 0.15) is 17.9 Å². The Labute approximate surface area is 142 Å². The Morgan fingerprint density at radius 2 is 2.12 bits per heavy atom. The monoisotopic (exact) mass is 335 g/mol. The van der Waals surface area contributed by atoms with Crippen molar-refractivity contribution in [3.63, 3.8) is 0 Å². The number of nitrogens with zero attached hydrogens (tertiary/aromatic N) is 3. The molecule has 0 spiro atoms. The molecule has 1 saturated heterocycles. The van der Waals surface area contributed by atoms with Crippen molar-refractivity contribution in [3.05, 3.63) is 24.3 Å². The minimum Gasteiger partial charge on any atom is -0.444 e. The zero-order valence-corrected chi connectivity index (χ0v) is 14.5. The second-order valence-electron chi connectivity index (χ2n) is 6.96. The normalized spacial score (nSPS) is 18.3. The Kier molecular flexibility index (Phi) is 6.25. The molecule has 0 N–H and O–H groups in total. The standard InChI is InChI=1S/C17H25N3O4/c1-17(2,3)24-16(22)20-8-4-5-13(10-20)11-23-12-15(21)14-9-18-6-7-19-14/h6-7,9,13H,4-5,8,10-12H2,1-3H3/t13-/m0/s1. The maximum absolute atomic E-state index is 12.1. The van der Waals surface area contributed by atoms with Gasteiger partial charge in [0.05, 0.1) is 12.8 Å². The first-order valence-electron chi connectivity index (χ1n) is 8.20. The molecule has 1 aromatic heterocycles. The smallest absolute Gasteiger partial charge is 0.410 e. The molecule has 2 heterocycles. The van der Waals surface area contributed by atoms with Gasteiger partial charge in [-0.25, -0.2) is 9.78 Å². The Balaban J connectivity index is 1.75. The molecule has 0 radical (unpaired) electrons. The van der Waals surface area contributed by atoms with E-state index in [-0.39, 0.29) is 24.4 Å². The summed E-state index contributed by atoms with van der Waals surface area (Å²) in [5.41, 5.74) is -0.194. The third kappa shape index (κ3) is 5.88. The number of ketones is 1. The SMILES string of the molecule is CC(C)(C)OC(=O)N1CCC[C@H](COCC(=O)c2cnccn2)C1. The molecular weight excluding hydrogens is 310 g/mol. The Hall–Kier alpha value is -2.02. The molecule has 7 heteroatoms. The molecular formula is C17H25N3O4. The van der Waals surface area contributed by atoms with Crippen LogP contribution < -0.4 is 0 Å². The van der Waals surface area contributed by atoms with E-state index in [2.05, 4.69) is 9.97 Å². The number of hydrogen-bond donors (Lipinski definition) is 0. The molecule has 1 aliphatic heterocycles. The highest BCUT2D eigenvalue weighted by atomic mass is 16.6. The fraction of sp³-hybridized carbons (Fsp3) is 0.647. The lowest BCUT2D eigenvalue weighted by molar-refractivity contribution is 0.00784. The molecule has 1 amide bonds. The number of aromatic nitrogens is 2. The van der Waals surface area contributed by atoms with Crippen molar-refractivity contribution in [1.82, 2.24) is 14.9 Å². The van der Waals surface area contributed by atoms with Gasteiger partial charge in [-0.15, -0.1) is 0 Å². The number of Topliss-reactive ketones (excluding diaryl/α,β-unsaturated/α-hetero) is 1. The van der Waals surface area contributed by atoms with E-state index in [9.17, 15) is 9.59 Å². The summed E-state index contributed by atoms with van der Waals surface area (Å²) in [4.78, 5) is 33.6. The van der Waals surface area contributed by atoms with Gasteiger partial charge in [0.2, 0.25) is 5.78 Å². The van der Waals surface area contributed by atoms with Gasteiger partial charge in [0, 0.05) is 31.4 Å². The first-order chi connectivity index (χ1) is 11.3. The molecule has 0 bridgehead atoms. The Bertz CT molecular complexity index is 557. The van der Waals surface area contributed by atoms with E-state index < -0.39 is 5.60 Å². The molecule has 132 valence electrons. The van der Waals surface area contributed by atoms with Crippen LogP contribution in [0.4, 0.5) is 4.79 Å². The number of hydrogen-bond acceptors (Lipinski definition) is 6. The number of ether oxygens (including phenoxy) is 2. The fourth-order valence-electron chi connectivity index (χ4n) is 2.53. The molecule has 2 rings (SSSR count). The number of piperidine rings is 1. The summed E-state index contributed by atoms with van der Waals surface area (Å²) in [6.45, 7) is 7.26. The number of carbonyl (C=O) groups is 2. The summed E-state index contributed by atoms with van der Waals surface area (Å²) in [5, 5.41) is 0. The van der Waals surface area contributed by atoms with Crippen LogP contribution in [0.2, 0.25) is 0 Å².